The maximum Gasteiger partial charge on any atom is 0.0375 e. The van der Waals surface area contributed by atoms with Gasteiger partial charge in [0.1, 0.15) is 0 Å². The summed E-state index contributed by atoms with van der Waals surface area (Å²) in [7, 11) is 0. The lowest BCUT2D eigenvalue weighted by atomic mass is 9.90. The topological polar surface area (TPSA) is 24.1 Å². The third kappa shape index (κ3) is 2.69. The maximum absolute atomic E-state index is 3.71. The van der Waals surface area contributed by atoms with Crippen LogP contribution >= 0.6 is 0 Å². The second-order valence-electron chi connectivity index (χ2n) is 5.72. The first-order chi connectivity index (χ1) is 8.93. The number of fused-ring (bicyclic) bond motifs is 1. The molecule has 0 unspecified atom stereocenters. The van der Waals surface area contributed by atoms with Gasteiger partial charge in [-0.25, -0.2) is 0 Å². The Kier molecular flexibility index (Phi) is 3.84. The zero-order valence-corrected chi connectivity index (χ0v) is 11.2. The van der Waals surface area contributed by atoms with E-state index in [1.165, 1.54) is 57.3 Å². The van der Waals surface area contributed by atoms with Crippen LogP contribution in [0.4, 0.5) is 5.69 Å². The molecular weight excluding hydrogens is 220 g/mol. The van der Waals surface area contributed by atoms with Crippen molar-refractivity contribution >= 4 is 5.69 Å². The first kappa shape index (κ1) is 12.0. The number of hydrogen-bond acceptors (Lipinski definition) is 2. The molecule has 0 amide bonds. The number of benzene rings is 1. The summed E-state index contributed by atoms with van der Waals surface area (Å²) in [4.78, 5) is 0. The van der Waals surface area contributed by atoms with Crippen LogP contribution < -0.4 is 10.6 Å². The summed E-state index contributed by atoms with van der Waals surface area (Å²) < 4.78 is 0. The second-order valence-corrected chi connectivity index (χ2v) is 5.72. The highest BCUT2D eigenvalue weighted by Gasteiger charge is 2.15. The van der Waals surface area contributed by atoms with Crippen LogP contribution in [0.2, 0.25) is 0 Å². The molecule has 1 fully saturated rings. The fourth-order valence-electron chi connectivity index (χ4n) is 3.29. The maximum atomic E-state index is 3.71. The lowest BCUT2D eigenvalue weighted by Crippen LogP contribution is -2.31. The quantitative estimate of drug-likeness (QED) is 0.854. The van der Waals surface area contributed by atoms with Crippen LogP contribution in [0, 0.1) is 5.92 Å². The fraction of sp³-hybridized carbons (Fsp3) is 0.625. The van der Waals surface area contributed by atoms with Crippen molar-refractivity contribution in [3.8, 4) is 0 Å². The first-order valence-electron chi connectivity index (χ1n) is 7.49. The van der Waals surface area contributed by atoms with Gasteiger partial charge in [0.25, 0.3) is 0 Å². The molecule has 1 aliphatic carbocycles. The van der Waals surface area contributed by atoms with E-state index in [9.17, 15) is 0 Å². The van der Waals surface area contributed by atoms with Gasteiger partial charge in [0.05, 0.1) is 0 Å². The SMILES string of the molecule is c1cc2c(c(NCC3CCNCC3)c1)CCCC2. The molecule has 18 heavy (non-hydrogen) atoms. The molecular formula is C16H24N2. The molecule has 1 saturated heterocycles. The van der Waals surface area contributed by atoms with Crippen molar-refractivity contribution in [2.24, 2.45) is 5.92 Å². The third-order valence-electron chi connectivity index (χ3n) is 4.44. The van der Waals surface area contributed by atoms with Gasteiger partial charge in [0.15, 0.2) is 0 Å². The van der Waals surface area contributed by atoms with Crippen LogP contribution in [-0.4, -0.2) is 19.6 Å². The summed E-state index contributed by atoms with van der Waals surface area (Å²) in [6.45, 7) is 3.54. The van der Waals surface area contributed by atoms with Crippen LogP contribution in [0.3, 0.4) is 0 Å². The highest BCUT2D eigenvalue weighted by Crippen LogP contribution is 2.28. The molecule has 2 heteroatoms. The summed E-state index contributed by atoms with van der Waals surface area (Å²) in [6.07, 6.45) is 7.91. The van der Waals surface area contributed by atoms with Crippen LogP contribution in [-0.2, 0) is 12.8 Å². The number of hydrogen-bond donors (Lipinski definition) is 2. The monoisotopic (exact) mass is 244 g/mol. The number of aryl methyl sites for hydroxylation is 1. The van der Waals surface area contributed by atoms with Gasteiger partial charge in [0, 0.05) is 12.2 Å². The minimum absolute atomic E-state index is 0.852. The van der Waals surface area contributed by atoms with Crippen molar-refractivity contribution in [3.05, 3.63) is 29.3 Å². The molecule has 0 aromatic heterocycles. The van der Waals surface area contributed by atoms with E-state index in [4.69, 9.17) is 0 Å². The van der Waals surface area contributed by atoms with Gasteiger partial charge in [-0.15, -0.1) is 0 Å². The molecule has 1 aliphatic heterocycles. The van der Waals surface area contributed by atoms with Crippen LogP contribution in [0.5, 0.6) is 0 Å². The Bertz CT molecular complexity index is 394. The van der Waals surface area contributed by atoms with Crippen molar-refractivity contribution in [2.75, 3.05) is 25.0 Å². The van der Waals surface area contributed by atoms with Gasteiger partial charge in [-0.3, -0.25) is 0 Å². The molecule has 1 aromatic rings. The lowest BCUT2D eigenvalue weighted by molar-refractivity contribution is 0.390. The predicted octanol–water partition coefficient (Wildman–Crippen LogP) is 2.98. The number of piperidine rings is 1. The van der Waals surface area contributed by atoms with Gasteiger partial charge in [-0.05, 0) is 74.7 Å². The second kappa shape index (κ2) is 5.75. The highest BCUT2D eigenvalue weighted by atomic mass is 14.9. The summed E-state index contributed by atoms with van der Waals surface area (Å²) in [5.41, 5.74) is 4.58. The minimum Gasteiger partial charge on any atom is -0.385 e. The van der Waals surface area contributed by atoms with Crippen molar-refractivity contribution < 1.29 is 0 Å². The standard InChI is InChI=1S/C16H24N2/c1-2-6-15-14(4-1)5-3-7-16(15)18-12-13-8-10-17-11-9-13/h3,5,7,13,17-18H,1-2,4,6,8-12H2. The Hall–Kier alpha value is -1.02. The molecule has 0 saturated carbocycles. The normalized spacial score (nSPS) is 20.4. The van der Waals surface area contributed by atoms with Gasteiger partial charge < -0.3 is 10.6 Å². The largest absolute Gasteiger partial charge is 0.385 e. The lowest BCUT2D eigenvalue weighted by Gasteiger charge is -2.25. The summed E-state index contributed by atoms with van der Waals surface area (Å²) in [5, 5.41) is 7.15. The zero-order valence-electron chi connectivity index (χ0n) is 11.2. The van der Waals surface area contributed by atoms with E-state index >= 15 is 0 Å². The molecule has 1 aromatic carbocycles. The zero-order chi connectivity index (χ0) is 12.2. The van der Waals surface area contributed by atoms with E-state index in [-0.39, 0.29) is 0 Å². The van der Waals surface area contributed by atoms with E-state index < -0.39 is 0 Å². The van der Waals surface area contributed by atoms with E-state index in [0.717, 1.165) is 12.5 Å². The summed E-state index contributed by atoms with van der Waals surface area (Å²) >= 11 is 0. The molecule has 2 aliphatic rings. The van der Waals surface area contributed by atoms with E-state index in [1.54, 1.807) is 11.1 Å². The Balaban J connectivity index is 1.65. The average Bonchev–Trinajstić information content (AvgIpc) is 2.46. The Labute approximate surface area is 110 Å². The number of anilines is 1. The molecule has 0 bridgehead atoms. The van der Waals surface area contributed by atoms with Crippen LogP contribution in [0.1, 0.15) is 36.8 Å². The van der Waals surface area contributed by atoms with E-state index in [0.29, 0.717) is 0 Å². The van der Waals surface area contributed by atoms with Gasteiger partial charge in [-0.2, -0.15) is 0 Å². The molecule has 98 valence electrons. The van der Waals surface area contributed by atoms with Crippen molar-refractivity contribution in [3.63, 3.8) is 0 Å². The minimum atomic E-state index is 0.852. The molecule has 0 spiro atoms. The van der Waals surface area contributed by atoms with Gasteiger partial charge in [0.2, 0.25) is 0 Å². The van der Waals surface area contributed by atoms with Crippen molar-refractivity contribution in [1.82, 2.24) is 5.32 Å². The van der Waals surface area contributed by atoms with Crippen molar-refractivity contribution in [2.45, 2.75) is 38.5 Å². The smallest absolute Gasteiger partial charge is 0.0375 e. The Morgan fingerprint density at radius 2 is 1.94 bits per heavy atom. The van der Waals surface area contributed by atoms with Crippen LogP contribution in [0.15, 0.2) is 18.2 Å². The highest BCUT2D eigenvalue weighted by molar-refractivity contribution is 5.55. The Morgan fingerprint density at radius 3 is 2.83 bits per heavy atom. The van der Waals surface area contributed by atoms with Gasteiger partial charge >= 0.3 is 0 Å². The molecule has 2 nitrogen and oxygen atoms in total. The molecule has 2 N–H and O–H groups in total. The van der Waals surface area contributed by atoms with E-state index in [2.05, 4.69) is 28.8 Å². The van der Waals surface area contributed by atoms with Crippen LogP contribution in [0.25, 0.3) is 0 Å². The predicted molar refractivity (Wildman–Crippen MR) is 77.2 cm³/mol. The fourth-order valence-corrected chi connectivity index (χ4v) is 3.29. The van der Waals surface area contributed by atoms with Gasteiger partial charge in [-0.1, -0.05) is 12.1 Å². The van der Waals surface area contributed by atoms with Crippen molar-refractivity contribution in [1.29, 1.82) is 0 Å². The average molecular weight is 244 g/mol. The molecule has 0 atom stereocenters. The molecule has 1 heterocycles. The van der Waals surface area contributed by atoms with E-state index in [1.807, 2.05) is 0 Å². The third-order valence-corrected chi connectivity index (χ3v) is 4.44. The number of rotatable bonds is 3. The molecule has 0 radical (unpaired) electrons. The molecule has 3 rings (SSSR count). The summed E-state index contributed by atoms with van der Waals surface area (Å²) in [5.74, 6) is 0.852. The Morgan fingerprint density at radius 1 is 1.11 bits per heavy atom. The first-order valence-corrected chi connectivity index (χ1v) is 7.49. The number of nitrogens with one attached hydrogen (secondary N) is 2. The summed E-state index contributed by atoms with van der Waals surface area (Å²) in [6, 6.07) is 6.80.